The zero-order valence-corrected chi connectivity index (χ0v) is 16.0. The number of guanidine groups is 1. The molecule has 1 aromatic rings. The summed E-state index contributed by atoms with van der Waals surface area (Å²) in [6, 6.07) is 5.02. The van der Waals surface area contributed by atoms with Gasteiger partial charge in [0.25, 0.3) is 0 Å². The molecule has 0 aromatic carbocycles. The average molecular weight is 363 g/mol. The number of rotatable bonds is 4. The molecule has 1 unspecified atom stereocenters. The Morgan fingerprint density at radius 1 is 1.16 bits per heavy atom. The minimum atomic E-state index is 0.638. The van der Waals surface area contributed by atoms with E-state index < -0.39 is 0 Å². The Kier molecular flexibility index (Phi) is 5.55. The van der Waals surface area contributed by atoms with Crippen molar-refractivity contribution in [1.82, 2.24) is 24.9 Å². The van der Waals surface area contributed by atoms with E-state index in [2.05, 4.69) is 47.4 Å². The molecule has 1 aromatic heterocycles. The molecule has 4 aliphatic rings. The summed E-state index contributed by atoms with van der Waals surface area (Å²) in [5.74, 6) is 1.08. The van der Waals surface area contributed by atoms with Crippen LogP contribution in [0, 0.1) is 0 Å². The molecule has 138 valence electrons. The Bertz CT molecular complexity index is 558. The Balaban J connectivity index is 1.23. The van der Waals surface area contributed by atoms with E-state index in [1.165, 1.54) is 37.6 Å². The van der Waals surface area contributed by atoms with Gasteiger partial charge in [-0.05, 0) is 11.4 Å². The fraction of sp³-hybridized carbons (Fsp3) is 0.722. The van der Waals surface area contributed by atoms with Gasteiger partial charge in [0, 0.05) is 90.0 Å². The van der Waals surface area contributed by atoms with Crippen LogP contribution >= 0.6 is 11.3 Å². The van der Waals surface area contributed by atoms with Gasteiger partial charge in [0.2, 0.25) is 0 Å². The fourth-order valence-corrected chi connectivity index (χ4v) is 4.95. The van der Waals surface area contributed by atoms with Crippen LogP contribution in [0.25, 0.3) is 0 Å². The van der Waals surface area contributed by atoms with E-state index in [9.17, 15) is 0 Å². The zero-order valence-electron chi connectivity index (χ0n) is 15.2. The molecule has 2 bridgehead atoms. The van der Waals surface area contributed by atoms with E-state index in [0.29, 0.717) is 6.04 Å². The molecule has 1 atom stereocenters. The Labute approximate surface area is 155 Å². The first kappa shape index (κ1) is 17.3. The van der Waals surface area contributed by atoms with Crippen LogP contribution in [0.3, 0.4) is 0 Å². The maximum Gasteiger partial charge on any atom is 0.193 e. The van der Waals surface area contributed by atoms with Gasteiger partial charge >= 0.3 is 0 Å². The number of fused-ring (bicyclic) bond motifs is 3. The monoisotopic (exact) mass is 362 g/mol. The highest BCUT2D eigenvalue weighted by molar-refractivity contribution is 7.09. The molecule has 5 rings (SSSR count). The molecular weight excluding hydrogens is 332 g/mol. The van der Waals surface area contributed by atoms with Gasteiger partial charge in [-0.25, -0.2) is 0 Å². The summed E-state index contributed by atoms with van der Waals surface area (Å²) in [5, 5.41) is 5.81. The Morgan fingerprint density at radius 3 is 2.56 bits per heavy atom. The molecule has 0 aliphatic carbocycles. The molecule has 1 N–H and O–H groups in total. The van der Waals surface area contributed by atoms with Gasteiger partial charge in [-0.2, -0.15) is 0 Å². The fourth-order valence-electron chi connectivity index (χ4n) is 4.20. The predicted octanol–water partition coefficient (Wildman–Crippen LogP) is 0.441. The van der Waals surface area contributed by atoms with Crippen molar-refractivity contribution in [2.75, 3.05) is 72.5 Å². The lowest BCUT2D eigenvalue weighted by molar-refractivity contribution is 0.0151. The third-order valence-electron chi connectivity index (χ3n) is 5.73. The average Bonchev–Trinajstić information content (AvgIpc) is 3.17. The summed E-state index contributed by atoms with van der Waals surface area (Å²) in [6.07, 6.45) is 0. The largest absolute Gasteiger partial charge is 0.355 e. The van der Waals surface area contributed by atoms with E-state index in [-0.39, 0.29) is 0 Å². The normalized spacial score (nSPS) is 30.7. The Morgan fingerprint density at radius 2 is 1.96 bits per heavy atom. The molecular formula is C18H30N6S. The molecule has 4 aliphatic heterocycles. The van der Waals surface area contributed by atoms with Crippen LogP contribution in [0.15, 0.2) is 22.5 Å². The summed E-state index contributed by atoms with van der Waals surface area (Å²) in [5.41, 5.74) is 0. The van der Waals surface area contributed by atoms with Crippen molar-refractivity contribution >= 4 is 17.3 Å². The van der Waals surface area contributed by atoms with Crippen LogP contribution in [0.2, 0.25) is 0 Å². The van der Waals surface area contributed by atoms with Crippen molar-refractivity contribution in [3.05, 3.63) is 22.4 Å². The summed E-state index contributed by atoms with van der Waals surface area (Å²) >= 11 is 1.86. The second kappa shape index (κ2) is 8.03. The third kappa shape index (κ3) is 4.16. The van der Waals surface area contributed by atoms with Gasteiger partial charge in [-0.15, -0.1) is 11.3 Å². The van der Waals surface area contributed by atoms with Crippen LogP contribution < -0.4 is 5.32 Å². The molecule has 6 nitrogen and oxygen atoms in total. The maximum absolute atomic E-state index is 4.54. The number of nitrogens with zero attached hydrogens (tertiary/aromatic N) is 5. The third-order valence-corrected chi connectivity index (χ3v) is 6.59. The SMILES string of the molecule is CN=C(NCC1CN2CCN1CC2)N1CCN(Cc2cccs2)CC1. The van der Waals surface area contributed by atoms with Gasteiger partial charge in [-0.3, -0.25) is 19.7 Å². The molecule has 0 spiro atoms. The molecule has 7 heteroatoms. The van der Waals surface area contributed by atoms with E-state index in [4.69, 9.17) is 0 Å². The lowest BCUT2D eigenvalue weighted by Gasteiger charge is -2.47. The molecule has 0 amide bonds. The standard InChI is InChI=1S/C18H30N6S/c1-19-18(20-13-16-14-21-4-8-23(16)9-5-21)24-10-6-22(7-11-24)15-17-3-2-12-25-17/h2-3,12,16H,4-11,13-15H2,1H3,(H,19,20). The molecule has 4 fully saturated rings. The molecule has 5 heterocycles. The van der Waals surface area contributed by atoms with E-state index in [0.717, 1.165) is 45.2 Å². The summed E-state index contributed by atoms with van der Waals surface area (Å²) in [6.45, 7) is 12.6. The summed E-state index contributed by atoms with van der Waals surface area (Å²) < 4.78 is 0. The zero-order chi connectivity index (χ0) is 17.1. The van der Waals surface area contributed by atoms with Crippen LogP contribution in [0.5, 0.6) is 0 Å². The van der Waals surface area contributed by atoms with E-state index in [1.807, 2.05) is 18.4 Å². The van der Waals surface area contributed by atoms with Crippen LogP contribution in [-0.2, 0) is 6.54 Å². The lowest BCUT2D eigenvalue weighted by Crippen LogP contribution is -2.64. The lowest BCUT2D eigenvalue weighted by atomic mass is 10.1. The summed E-state index contributed by atoms with van der Waals surface area (Å²) in [4.78, 5) is 16.2. The minimum absolute atomic E-state index is 0.638. The first-order chi connectivity index (χ1) is 12.3. The van der Waals surface area contributed by atoms with Gasteiger partial charge in [0.05, 0.1) is 0 Å². The van der Waals surface area contributed by atoms with Crippen molar-refractivity contribution in [3.8, 4) is 0 Å². The second-order valence-corrected chi connectivity index (χ2v) is 8.29. The van der Waals surface area contributed by atoms with Crippen molar-refractivity contribution < 1.29 is 0 Å². The molecule has 25 heavy (non-hydrogen) atoms. The first-order valence-electron chi connectivity index (χ1n) is 9.48. The highest BCUT2D eigenvalue weighted by atomic mass is 32.1. The van der Waals surface area contributed by atoms with Crippen molar-refractivity contribution in [3.63, 3.8) is 0 Å². The van der Waals surface area contributed by atoms with Crippen LogP contribution in [-0.4, -0.2) is 104 Å². The number of aliphatic imine (C=N–C) groups is 1. The second-order valence-electron chi connectivity index (χ2n) is 7.26. The topological polar surface area (TPSA) is 37.4 Å². The number of nitrogens with one attached hydrogen (secondary N) is 1. The van der Waals surface area contributed by atoms with Crippen molar-refractivity contribution in [2.24, 2.45) is 4.99 Å². The highest BCUT2D eigenvalue weighted by Gasteiger charge is 2.32. The van der Waals surface area contributed by atoms with E-state index in [1.54, 1.807) is 0 Å². The van der Waals surface area contributed by atoms with E-state index >= 15 is 0 Å². The molecule has 4 saturated heterocycles. The number of hydrogen-bond donors (Lipinski definition) is 1. The van der Waals surface area contributed by atoms with Crippen molar-refractivity contribution in [1.29, 1.82) is 0 Å². The highest BCUT2D eigenvalue weighted by Crippen LogP contribution is 2.16. The van der Waals surface area contributed by atoms with Gasteiger partial charge in [0.1, 0.15) is 0 Å². The van der Waals surface area contributed by atoms with Crippen molar-refractivity contribution in [2.45, 2.75) is 12.6 Å². The van der Waals surface area contributed by atoms with Gasteiger partial charge in [-0.1, -0.05) is 6.07 Å². The molecule has 0 saturated carbocycles. The van der Waals surface area contributed by atoms with Crippen LogP contribution in [0.4, 0.5) is 0 Å². The van der Waals surface area contributed by atoms with Crippen LogP contribution in [0.1, 0.15) is 4.88 Å². The minimum Gasteiger partial charge on any atom is -0.355 e. The number of piperazine rings is 4. The van der Waals surface area contributed by atoms with Gasteiger partial charge in [0.15, 0.2) is 5.96 Å². The molecule has 0 radical (unpaired) electrons. The predicted molar refractivity (Wildman–Crippen MR) is 104 cm³/mol. The first-order valence-corrected chi connectivity index (χ1v) is 10.4. The Hall–Kier alpha value is -1.15. The quantitative estimate of drug-likeness (QED) is 0.622. The summed E-state index contributed by atoms with van der Waals surface area (Å²) in [7, 11) is 1.91. The number of thiophene rings is 1. The smallest absolute Gasteiger partial charge is 0.193 e. The van der Waals surface area contributed by atoms with Gasteiger partial charge < -0.3 is 10.2 Å². The number of hydrogen-bond acceptors (Lipinski definition) is 5. The maximum atomic E-state index is 4.54.